The number of halogens is 1. The molecule has 112 valence electrons. The molecule has 0 amide bonds. The molecule has 2 heteroatoms. The smallest absolute Gasteiger partial charge is 0.343 e. The van der Waals surface area contributed by atoms with Gasteiger partial charge >= 0.3 is 23.1 Å². The maximum Gasteiger partial charge on any atom is 2.00 e. The van der Waals surface area contributed by atoms with Gasteiger partial charge in [-0.2, -0.15) is 42.8 Å². The third-order valence-corrected chi connectivity index (χ3v) is 2.96. The van der Waals surface area contributed by atoms with Crippen LogP contribution >= 0.6 is 12.4 Å². The number of hydrogen-bond acceptors (Lipinski definition) is 0. The van der Waals surface area contributed by atoms with E-state index in [0.29, 0.717) is 0 Å². The van der Waals surface area contributed by atoms with E-state index in [1.807, 2.05) is 30.3 Å². The van der Waals surface area contributed by atoms with Crippen molar-refractivity contribution >= 4 is 35.5 Å². The Labute approximate surface area is 149 Å². The Morgan fingerprint density at radius 3 is 1.50 bits per heavy atom. The van der Waals surface area contributed by atoms with Crippen LogP contribution in [0.3, 0.4) is 0 Å². The van der Waals surface area contributed by atoms with Gasteiger partial charge in [-0.25, -0.2) is 0 Å². The quantitative estimate of drug-likeness (QED) is 0.286. The van der Waals surface area contributed by atoms with Crippen LogP contribution in [-0.2, 0) is 0 Å². The zero-order valence-electron chi connectivity index (χ0n) is 13.3. The molecule has 0 saturated heterocycles. The van der Waals surface area contributed by atoms with Crippen LogP contribution in [0.2, 0.25) is 0 Å². The molecule has 0 radical (unpaired) electrons. The first-order valence-corrected chi connectivity index (χ1v) is 7.62. The van der Waals surface area contributed by atoms with Gasteiger partial charge in [0.1, 0.15) is 0 Å². The van der Waals surface area contributed by atoms with Gasteiger partial charge < -0.3 is 6.92 Å². The largest absolute Gasteiger partial charge is 2.00 e. The van der Waals surface area contributed by atoms with Crippen molar-refractivity contribution in [1.29, 1.82) is 0 Å². The minimum atomic E-state index is 0. The zero-order valence-corrected chi connectivity index (χ0v) is 15.5. The van der Waals surface area contributed by atoms with Gasteiger partial charge in [0.2, 0.25) is 0 Å². The Balaban J connectivity index is -0.000000307. The maximum absolute atomic E-state index is 3.84. The van der Waals surface area contributed by atoms with E-state index in [0.717, 1.165) is 6.42 Å². The third kappa shape index (κ3) is 23.4. The molecule has 0 bridgehead atoms. The zero-order chi connectivity index (χ0) is 13.3. The van der Waals surface area contributed by atoms with Crippen LogP contribution in [0.4, 0.5) is 0 Å². The summed E-state index contributed by atoms with van der Waals surface area (Å²) in [6.07, 6.45) is 13.9. The second-order valence-corrected chi connectivity index (χ2v) is 4.76. The topological polar surface area (TPSA) is 0 Å². The molecule has 0 unspecified atom stereocenters. The SMILES string of the molecule is Cl.[CH2-]CCCCCCCCCCC.[Mg+2].[c-]1ccccc1. The van der Waals surface area contributed by atoms with Crippen molar-refractivity contribution in [3.8, 4) is 0 Å². The van der Waals surface area contributed by atoms with Crippen LogP contribution in [0, 0.1) is 13.0 Å². The first-order chi connectivity index (χ1) is 8.91. The van der Waals surface area contributed by atoms with Gasteiger partial charge in [-0.1, -0.05) is 64.7 Å². The summed E-state index contributed by atoms with van der Waals surface area (Å²) in [5, 5.41) is 0. The Morgan fingerprint density at radius 1 is 0.750 bits per heavy atom. The molecule has 0 saturated carbocycles. The van der Waals surface area contributed by atoms with E-state index in [-0.39, 0.29) is 35.5 Å². The van der Waals surface area contributed by atoms with Crippen LogP contribution < -0.4 is 0 Å². The van der Waals surface area contributed by atoms with Crippen molar-refractivity contribution in [2.24, 2.45) is 0 Å². The molecule has 0 heterocycles. The summed E-state index contributed by atoms with van der Waals surface area (Å²) in [4.78, 5) is 0. The summed E-state index contributed by atoms with van der Waals surface area (Å²) >= 11 is 0. The van der Waals surface area contributed by atoms with Crippen LogP contribution in [0.1, 0.15) is 71.1 Å². The Kier molecular flexibility index (Phi) is 30.7. The van der Waals surface area contributed by atoms with E-state index in [9.17, 15) is 0 Å². The van der Waals surface area contributed by atoms with E-state index in [4.69, 9.17) is 0 Å². The standard InChI is InChI=1S/C12H25.C6H5.ClH.Mg/c1-3-5-7-9-11-12-10-8-6-4-2;1-2-4-6-5-3-1;;/h1,3-12H2,2H3;1-5H;1H;/q2*-1;;+2. The summed E-state index contributed by atoms with van der Waals surface area (Å²) in [6.45, 7) is 6.12. The molecule has 0 atom stereocenters. The first kappa shape index (κ1) is 25.2. The molecular weight excluding hydrogens is 276 g/mol. The molecule has 20 heavy (non-hydrogen) atoms. The van der Waals surface area contributed by atoms with E-state index >= 15 is 0 Å². The molecule has 0 N–H and O–H groups in total. The second kappa shape index (κ2) is 24.3. The number of hydrogen-bond donors (Lipinski definition) is 0. The van der Waals surface area contributed by atoms with Gasteiger partial charge in [-0.15, -0.1) is 12.4 Å². The molecule has 1 aromatic carbocycles. The summed E-state index contributed by atoms with van der Waals surface area (Å²) in [6, 6.07) is 12.5. The first-order valence-electron chi connectivity index (χ1n) is 7.62. The van der Waals surface area contributed by atoms with Gasteiger partial charge in [-0.05, 0) is 0 Å². The minimum absolute atomic E-state index is 0. The van der Waals surface area contributed by atoms with Crippen LogP contribution in [0.25, 0.3) is 0 Å². The van der Waals surface area contributed by atoms with Gasteiger partial charge in [0.25, 0.3) is 0 Å². The van der Waals surface area contributed by atoms with E-state index in [1.165, 1.54) is 57.8 Å². The van der Waals surface area contributed by atoms with Gasteiger partial charge in [-0.3, -0.25) is 0 Å². The van der Waals surface area contributed by atoms with Crippen LogP contribution in [-0.4, -0.2) is 23.1 Å². The predicted octanol–water partition coefficient (Wildman–Crippen LogP) is 6.27. The molecule has 0 aliphatic rings. The monoisotopic (exact) mass is 306 g/mol. The average Bonchev–Trinajstić information content (AvgIpc) is 2.44. The molecule has 1 aromatic rings. The number of unbranched alkanes of at least 4 members (excludes halogenated alkanes) is 9. The average molecular weight is 307 g/mol. The fourth-order valence-electron chi connectivity index (χ4n) is 1.83. The van der Waals surface area contributed by atoms with Crippen molar-refractivity contribution in [2.45, 2.75) is 71.1 Å². The second-order valence-electron chi connectivity index (χ2n) is 4.76. The third-order valence-electron chi connectivity index (χ3n) is 2.96. The normalized spacial score (nSPS) is 8.70. The summed E-state index contributed by atoms with van der Waals surface area (Å²) < 4.78 is 0. The number of benzene rings is 1. The van der Waals surface area contributed by atoms with E-state index in [2.05, 4.69) is 19.9 Å². The molecular formula is C18H31ClMg. The van der Waals surface area contributed by atoms with Crippen molar-refractivity contribution in [1.82, 2.24) is 0 Å². The van der Waals surface area contributed by atoms with Gasteiger partial charge in [0.15, 0.2) is 0 Å². The molecule has 0 spiro atoms. The molecule has 0 fully saturated rings. The van der Waals surface area contributed by atoms with Crippen molar-refractivity contribution in [2.75, 3.05) is 0 Å². The molecule has 0 aliphatic heterocycles. The van der Waals surface area contributed by atoms with E-state index in [1.54, 1.807) is 0 Å². The molecule has 0 nitrogen and oxygen atoms in total. The predicted molar refractivity (Wildman–Crippen MR) is 95.5 cm³/mol. The fraction of sp³-hybridized carbons (Fsp3) is 0.611. The summed E-state index contributed by atoms with van der Waals surface area (Å²) in [7, 11) is 0. The Bertz CT molecular complexity index is 189. The fourth-order valence-corrected chi connectivity index (χ4v) is 1.83. The molecule has 0 aromatic heterocycles. The molecule has 1 rings (SSSR count). The van der Waals surface area contributed by atoms with Crippen LogP contribution in [0.15, 0.2) is 30.3 Å². The van der Waals surface area contributed by atoms with Crippen molar-refractivity contribution < 1.29 is 0 Å². The summed E-state index contributed by atoms with van der Waals surface area (Å²) in [5.74, 6) is 0. The summed E-state index contributed by atoms with van der Waals surface area (Å²) in [5.41, 5.74) is 0. The van der Waals surface area contributed by atoms with Gasteiger partial charge in [0.05, 0.1) is 0 Å². The van der Waals surface area contributed by atoms with Crippen molar-refractivity contribution in [3.63, 3.8) is 0 Å². The Morgan fingerprint density at radius 2 is 1.20 bits per heavy atom. The Hall–Kier alpha value is 0.276. The van der Waals surface area contributed by atoms with E-state index < -0.39 is 0 Å². The minimum Gasteiger partial charge on any atom is -0.343 e. The van der Waals surface area contributed by atoms with Crippen molar-refractivity contribution in [3.05, 3.63) is 43.3 Å². The maximum atomic E-state index is 3.84. The van der Waals surface area contributed by atoms with Crippen LogP contribution in [0.5, 0.6) is 0 Å². The molecule has 0 aliphatic carbocycles. The number of rotatable bonds is 9. The van der Waals surface area contributed by atoms with Gasteiger partial charge in [0, 0.05) is 0 Å².